The fourth-order valence-electron chi connectivity index (χ4n) is 1.54. The van der Waals surface area contributed by atoms with Gasteiger partial charge in [-0.3, -0.25) is 4.79 Å². The van der Waals surface area contributed by atoms with E-state index in [1.54, 1.807) is 0 Å². The number of carbonyl (C=O) groups is 1. The second kappa shape index (κ2) is 3.07. The molecule has 1 aliphatic rings. The fourth-order valence-corrected chi connectivity index (χ4v) is 1.54. The third-order valence-corrected chi connectivity index (χ3v) is 2.50. The molecule has 0 spiro atoms. The van der Waals surface area contributed by atoms with Gasteiger partial charge in [0, 0.05) is 0 Å². The van der Waals surface area contributed by atoms with Crippen molar-refractivity contribution in [2.24, 2.45) is 11.8 Å². The average molecular weight is 154 g/mol. The Bertz CT molecular complexity index is 184. The van der Waals surface area contributed by atoms with Gasteiger partial charge in [0.2, 0.25) is 0 Å². The minimum absolute atomic E-state index is 0.129. The van der Waals surface area contributed by atoms with Gasteiger partial charge in [0.15, 0.2) is 0 Å². The zero-order chi connectivity index (χ0) is 8.43. The van der Waals surface area contributed by atoms with Crippen LogP contribution in [0.15, 0.2) is 12.2 Å². The molecule has 2 unspecified atom stereocenters. The van der Waals surface area contributed by atoms with Gasteiger partial charge in [0.05, 0.1) is 5.92 Å². The van der Waals surface area contributed by atoms with Gasteiger partial charge >= 0.3 is 5.97 Å². The molecule has 2 nitrogen and oxygen atoms in total. The zero-order valence-corrected chi connectivity index (χ0v) is 6.84. The summed E-state index contributed by atoms with van der Waals surface area (Å²) in [5.74, 6) is -0.385. The van der Waals surface area contributed by atoms with E-state index >= 15 is 0 Å². The lowest BCUT2D eigenvalue weighted by molar-refractivity contribution is -0.142. The molecule has 0 aromatic carbocycles. The number of carboxylic acid groups (broad SMARTS) is 1. The van der Waals surface area contributed by atoms with Crippen molar-refractivity contribution in [3.05, 3.63) is 12.2 Å². The van der Waals surface area contributed by atoms with Crippen LogP contribution in [0.2, 0.25) is 0 Å². The molecule has 1 aliphatic carbocycles. The molecule has 0 aliphatic heterocycles. The van der Waals surface area contributed by atoms with Crippen LogP contribution in [0.4, 0.5) is 0 Å². The maximum atomic E-state index is 10.6. The summed E-state index contributed by atoms with van der Waals surface area (Å²) < 4.78 is 0. The second-order valence-electron chi connectivity index (χ2n) is 3.37. The van der Waals surface area contributed by atoms with Crippen LogP contribution in [-0.4, -0.2) is 11.1 Å². The van der Waals surface area contributed by atoms with E-state index in [9.17, 15) is 4.79 Å². The number of rotatable bonds is 1. The number of allylic oxidation sites excluding steroid dienone is 1. The summed E-state index contributed by atoms with van der Waals surface area (Å²) in [7, 11) is 0. The minimum Gasteiger partial charge on any atom is -0.481 e. The highest BCUT2D eigenvalue weighted by molar-refractivity contribution is 5.70. The molecule has 0 amide bonds. The Kier molecular flexibility index (Phi) is 2.32. The van der Waals surface area contributed by atoms with E-state index in [1.807, 2.05) is 0 Å². The molecular formula is C9H14O2. The first-order valence-corrected chi connectivity index (χ1v) is 4.01. The van der Waals surface area contributed by atoms with Gasteiger partial charge in [-0.2, -0.15) is 0 Å². The van der Waals surface area contributed by atoms with Crippen LogP contribution in [0.25, 0.3) is 0 Å². The van der Waals surface area contributed by atoms with Crippen molar-refractivity contribution in [2.45, 2.75) is 26.2 Å². The van der Waals surface area contributed by atoms with E-state index < -0.39 is 5.97 Å². The quantitative estimate of drug-likeness (QED) is 0.587. The summed E-state index contributed by atoms with van der Waals surface area (Å²) in [5, 5.41) is 8.71. The standard InChI is InChI=1S/C9H14O2/c1-6-3-4-8(9(10)11)5-7(6)2/h7-8H,1,3-5H2,2H3,(H,10,11). The van der Waals surface area contributed by atoms with E-state index in [0.717, 1.165) is 19.3 Å². The fraction of sp³-hybridized carbons (Fsp3) is 0.667. The molecule has 1 rings (SSSR count). The van der Waals surface area contributed by atoms with E-state index in [2.05, 4.69) is 13.5 Å². The van der Waals surface area contributed by atoms with Gasteiger partial charge in [0.1, 0.15) is 0 Å². The molecule has 2 heteroatoms. The molecule has 11 heavy (non-hydrogen) atoms. The van der Waals surface area contributed by atoms with Gasteiger partial charge in [0.25, 0.3) is 0 Å². The molecule has 0 aromatic heterocycles. The highest BCUT2D eigenvalue weighted by atomic mass is 16.4. The topological polar surface area (TPSA) is 37.3 Å². The first kappa shape index (κ1) is 8.31. The molecule has 2 atom stereocenters. The van der Waals surface area contributed by atoms with Gasteiger partial charge < -0.3 is 5.11 Å². The van der Waals surface area contributed by atoms with Crippen molar-refractivity contribution in [1.29, 1.82) is 0 Å². The summed E-state index contributed by atoms with van der Waals surface area (Å²) in [4.78, 5) is 10.6. The Morgan fingerprint density at radius 1 is 1.73 bits per heavy atom. The molecule has 0 aromatic rings. The lowest BCUT2D eigenvalue weighted by Crippen LogP contribution is -2.22. The smallest absolute Gasteiger partial charge is 0.306 e. The van der Waals surface area contributed by atoms with Gasteiger partial charge in [-0.25, -0.2) is 0 Å². The zero-order valence-electron chi connectivity index (χ0n) is 6.84. The van der Waals surface area contributed by atoms with Crippen LogP contribution in [0.5, 0.6) is 0 Å². The van der Waals surface area contributed by atoms with Gasteiger partial charge in [-0.1, -0.05) is 19.1 Å². The van der Waals surface area contributed by atoms with Crippen molar-refractivity contribution in [3.8, 4) is 0 Å². The molecule has 0 heterocycles. The Balaban J connectivity index is 2.52. The summed E-state index contributed by atoms with van der Waals surface area (Å²) in [5.41, 5.74) is 1.21. The predicted octanol–water partition coefficient (Wildman–Crippen LogP) is 2.06. The summed E-state index contributed by atoms with van der Waals surface area (Å²) in [6, 6.07) is 0. The number of hydrogen-bond acceptors (Lipinski definition) is 1. The van der Waals surface area contributed by atoms with Crippen molar-refractivity contribution < 1.29 is 9.90 Å². The highest BCUT2D eigenvalue weighted by Gasteiger charge is 2.26. The van der Waals surface area contributed by atoms with Crippen LogP contribution >= 0.6 is 0 Å². The highest BCUT2D eigenvalue weighted by Crippen LogP contribution is 2.31. The molecule has 1 saturated carbocycles. The Hall–Kier alpha value is -0.790. The largest absolute Gasteiger partial charge is 0.481 e. The number of aliphatic carboxylic acids is 1. The predicted molar refractivity (Wildman–Crippen MR) is 43.3 cm³/mol. The lowest BCUT2D eigenvalue weighted by Gasteiger charge is -2.25. The molecule has 1 N–H and O–H groups in total. The maximum absolute atomic E-state index is 10.6. The number of hydrogen-bond donors (Lipinski definition) is 1. The SMILES string of the molecule is C=C1CCC(C(=O)O)CC1C. The minimum atomic E-state index is -0.649. The molecule has 0 radical (unpaired) electrons. The average Bonchev–Trinajstić information content (AvgIpc) is 1.94. The van der Waals surface area contributed by atoms with Crippen LogP contribution in [0, 0.1) is 11.8 Å². The third kappa shape index (κ3) is 1.82. The van der Waals surface area contributed by atoms with E-state index in [-0.39, 0.29) is 5.92 Å². The second-order valence-corrected chi connectivity index (χ2v) is 3.37. The maximum Gasteiger partial charge on any atom is 0.306 e. The van der Waals surface area contributed by atoms with Crippen molar-refractivity contribution in [3.63, 3.8) is 0 Å². The van der Waals surface area contributed by atoms with Crippen LogP contribution in [0.3, 0.4) is 0 Å². The molecular weight excluding hydrogens is 140 g/mol. The monoisotopic (exact) mass is 154 g/mol. The molecule has 62 valence electrons. The summed E-state index contributed by atoms with van der Waals surface area (Å²) in [6.07, 6.45) is 2.44. The third-order valence-electron chi connectivity index (χ3n) is 2.50. The Morgan fingerprint density at radius 3 is 2.82 bits per heavy atom. The molecule has 1 fully saturated rings. The first-order valence-electron chi connectivity index (χ1n) is 4.01. The molecule has 0 saturated heterocycles. The number of carboxylic acids is 1. The lowest BCUT2D eigenvalue weighted by atomic mass is 9.80. The van der Waals surface area contributed by atoms with Crippen LogP contribution < -0.4 is 0 Å². The van der Waals surface area contributed by atoms with Gasteiger partial charge in [-0.05, 0) is 25.2 Å². The van der Waals surface area contributed by atoms with Gasteiger partial charge in [-0.15, -0.1) is 0 Å². The van der Waals surface area contributed by atoms with E-state index in [0.29, 0.717) is 5.92 Å². The van der Waals surface area contributed by atoms with E-state index in [1.165, 1.54) is 5.57 Å². The van der Waals surface area contributed by atoms with Crippen molar-refractivity contribution in [2.75, 3.05) is 0 Å². The summed E-state index contributed by atoms with van der Waals surface area (Å²) in [6.45, 7) is 5.95. The van der Waals surface area contributed by atoms with E-state index in [4.69, 9.17) is 5.11 Å². The molecule has 0 bridgehead atoms. The van der Waals surface area contributed by atoms with Crippen molar-refractivity contribution in [1.82, 2.24) is 0 Å². The summed E-state index contributed by atoms with van der Waals surface area (Å²) >= 11 is 0. The normalized spacial score (nSPS) is 31.9. The van der Waals surface area contributed by atoms with Crippen LogP contribution in [-0.2, 0) is 4.79 Å². The van der Waals surface area contributed by atoms with Crippen molar-refractivity contribution >= 4 is 5.97 Å². The first-order chi connectivity index (χ1) is 5.11. The van der Waals surface area contributed by atoms with Crippen LogP contribution in [0.1, 0.15) is 26.2 Å². The Morgan fingerprint density at radius 2 is 2.36 bits per heavy atom. The Labute approximate surface area is 66.9 Å².